The second kappa shape index (κ2) is 7.85. The van der Waals surface area contributed by atoms with Crippen LogP contribution in [-0.4, -0.2) is 44.0 Å². The molecule has 1 rings (SSSR count). The summed E-state index contributed by atoms with van der Waals surface area (Å²) >= 11 is 0. The molecule has 0 saturated heterocycles. The maximum Gasteiger partial charge on any atom is 0.221 e. The fraction of sp³-hybridized carbons (Fsp3) is 0.923. The number of carbonyl (C=O) groups is 1. The van der Waals surface area contributed by atoms with Crippen molar-refractivity contribution in [2.75, 3.05) is 19.3 Å². The van der Waals surface area contributed by atoms with E-state index in [1.807, 2.05) is 6.92 Å². The molecule has 0 aliphatic heterocycles. The molecule has 0 aromatic carbocycles. The molecule has 1 aliphatic carbocycles. The Morgan fingerprint density at radius 2 is 1.89 bits per heavy atom. The van der Waals surface area contributed by atoms with Crippen LogP contribution in [0.3, 0.4) is 0 Å². The third kappa shape index (κ3) is 5.91. The maximum absolute atomic E-state index is 11.9. The quantitative estimate of drug-likeness (QED) is 0.772. The van der Waals surface area contributed by atoms with Crippen molar-refractivity contribution in [2.45, 2.75) is 57.9 Å². The minimum absolute atomic E-state index is 0.0636. The maximum atomic E-state index is 11.9. The highest BCUT2D eigenvalue weighted by Crippen LogP contribution is 2.24. The van der Waals surface area contributed by atoms with E-state index in [9.17, 15) is 13.2 Å². The van der Waals surface area contributed by atoms with E-state index in [-0.39, 0.29) is 18.4 Å². The molecule has 0 unspecified atom stereocenters. The molecule has 0 aromatic rings. The van der Waals surface area contributed by atoms with E-state index in [2.05, 4.69) is 5.32 Å². The highest BCUT2D eigenvalue weighted by atomic mass is 32.2. The van der Waals surface area contributed by atoms with Crippen LogP contribution in [0.25, 0.3) is 0 Å². The van der Waals surface area contributed by atoms with Gasteiger partial charge in [0.1, 0.15) is 0 Å². The number of amides is 1. The van der Waals surface area contributed by atoms with E-state index in [0.29, 0.717) is 13.1 Å². The average molecular weight is 290 g/mol. The summed E-state index contributed by atoms with van der Waals surface area (Å²) in [7, 11) is -3.23. The molecular formula is C13H26N2O3S. The molecule has 0 radical (unpaired) electrons. The zero-order valence-electron chi connectivity index (χ0n) is 12.0. The fourth-order valence-corrected chi connectivity index (χ4v) is 3.73. The molecule has 19 heavy (non-hydrogen) atoms. The number of hydrogen-bond donors (Lipinski definition) is 1. The Kier molecular flexibility index (Phi) is 6.79. The predicted octanol–water partition coefficient (Wildman–Crippen LogP) is 1.50. The third-order valence-electron chi connectivity index (χ3n) is 3.54. The molecule has 6 heteroatoms. The first kappa shape index (κ1) is 16.4. The summed E-state index contributed by atoms with van der Waals surface area (Å²) in [5.41, 5.74) is 0. The number of carbonyl (C=O) groups excluding carboxylic acids is 1. The van der Waals surface area contributed by atoms with Crippen LogP contribution in [-0.2, 0) is 14.8 Å². The van der Waals surface area contributed by atoms with Gasteiger partial charge in [-0.3, -0.25) is 4.79 Å². The van der Waals surface area contributed by atoms with Crippen molar-refractivity contribution >= 4 is 15.9 Å². The lowest BCUT2D eigenvalue weighted by atomic mass is 9.95. The third-order valence-corrected chi connectivity index (χ3v) is 4.87. The van der Waals surface area contributed by atoms with Gasteiger partial charge in [0, 0.05) is 25.6 Å². The molecule has 0 bridgehead atoms. The number of hydrogen-bond acceptors (Lipinski definition) is 3. The van der Waals surface area contributed by atoms with Crippen LogP contribution in [0.1, 0.15) is 51.9 Å². The second-order valence-corrected chi connectivity index (χ2v) is 7.20. The van der Waals surface area contributed by atoms with Gasteiger partial charge in [0.25, 0.3) is 0 Å². The topological polar surface area (TPSA) is 66.5 Å². The molecular weight excluding hydrogens is 264 g/mol. The van der Waals surface area contributed by atoms with E-state index in [1.54, 1.807) is 0 Å². The van der Waals surface area contributed by atoms with Crippen molar-refractivity contribution in [3.8, 4) is 0 Å². The van der Waals surface area contributed by atoms with Gasteiger partial charge in [-0.15, -0.1) is 0 Å². The van der Waals surface area contributed by atoms with Crippen LogP contribution < -0.4 is 5.32 Å². The summed E-state index contributed by atoms with van der Waals surface area (Å²) in [5.74, 6) is -0.0636. The highest BCUT2D eigenvalue weighted by Gasteiger charge is 2.28. The van der Waals surface area contributed by atoms with Crippen molar-refractivity contribution in [2.24, 2.45) is 0 Å². The fourth-order valence-electron chi connectivity index (χ4n) is 2.55. The highest BCUT2D eigenvalue weighted by molar-refractivity contribution is 7.88. The summed E-state index contributed by atoms with van der Waals surface area (Å²) in [6, 6.07) is 0.0859. The molecule has 1 fully saturated rings. The van der Waals surface area contributed by atoms with Crippen molar-refractivity contribution in [3.63, 3.8) is 0 Å². The summed E-state index contributed by atoms with van der Waals surface area (Å²) in [6.07, 6.45) is 7.58. The summed E-state index contributed by atoms with van der Waals surface area (Å²) in [6.45, 7) is 2.95. The predicted molar refractivity (Wildman–Crippen MR) is 76.3 cm³/mol. The lowest BCUT2D eigenvalue weighted by Crippen LogP contribution is -2.42. The molecule has 1 aliphatic rings. The smallest absolute Gasteiger partial charge is 0.221 e. The Bertz CT molecular complexity index is 375. The van der Waals surface area contributed by atoms with E-state index in [0.717, 1.165) is 32.1 Å². The van der Waals surface area contributed by atoms with Crippen molar-refractivity contribution in [1.82, 2.24) is 9.62 Å². The lowest BCUT2D eigenvalue weighted by Gasteiger charge is -2.32. The van der Waals surface area contributed by atoms with Gasteiger partial charge in [0.05, 0.1) is 6.26 Å². The molecule has 0 atom stereocenters. The summed E-state index contributed by atoms with van der Waals surface area (Å²) in [4.78, 5) is 11.6. The Morgan fingerprint density at radius 1 is 1.26 bits per heavy atom. The van der Waals surface area contributed by atoms with Crippen molar-refractivity contribution < 1.29 is 13.2 Å². The van der Waals surface area contributed by atoms with Crippen LogP contribution in [0, 0.1) is 0 Å². The molecule has 0 spiro atoms. The first-order chi connectivity index (χ1) is 8.95. The van der Waals surface area contributed by atoms with Gasteiger partial charge in [-0.2, -0.15) is 4.31 Å². The van der Waals surface area contributed by atoms with Gasteiger partial charge >= 0.3 is 0 Å². The summed E-state index contributed by atoms with van der Waals surface area (Å²) in [5, 5.41) is 2.78. The van der Waals surface area contributed by atoms with Crippen molar-refractivity contribution in [1.29, 1.82) is 0 Å². The van der Waals surface area contributed by atoms with Crippen LogP contribution in [0.15, 0.2) is 0 Å². The standard InChI is InChI=1S/C13H26N2O3S/c1-3-10-14-13(16)9-11-15(19(2,17)18)12-7-5-4-6-8-12/h12H,3-11H2,1-2H3,(H,14,16). The first-order valence-corrected chi connectivity index (χ1v) is 9.03. The molecule has 0 aromatic heterocycles. The van der Waals surface area contributed by atoms with Gasteiger partial charge < -0.3 is 5.32 Å². The van der Waals surface area contributed by atoms with E-state index in [4.69, 9.17) is 0 Å². The minimum atomic E-state index is -3.23. The lowest BCUT2D eigenvalue weighted by molar-refractivity contribution is -0.121. The van der Waals surface area contributed by atoms with E-state index in [1.165, 1.54) is 17.0 Å². The zero-order chi connectivity index (χ0) is 14.3. The monoisotopic (exact) mass is 290 g/mol. The van der Waals surface area contributed by atoms with Crippen molar-refractivity contribution in [3.05, 3.63) is 0 Å². The van der Waals surface area contributed by atoms with Crippen LogP contribution in [0.4, 0.5) is 0 Å². The van der Waals surface area contributed by atoms with Gasteiger partial charge in [-0.05, 0) is 19.3 Å². The van der Waals surface area contributed by atoms with Crippen LogP contribution in [0.5, 0.6) is 0 Å². The molecule has 1 saturated carbocycles. The molecule has 5 nitrogen and oxygen atoms in total. The molecule has 112 valence electrons. The van der Waals surface area contributed by atoms with E-state index >= 15 is 0 Å². The van der Waals surface area contributed by atoms with Gasteiger partial charge in [-0.1, -0.05) is 26.2 Å². The Hall–Kier alpha value is -0.620. The zero-order valence-corrected chi connectivity index (χ0v) is 12.8. The second-order valence-electron chi connectivity index (χ2n) is 5.27. The Labute approximate surface area is 116 Å². The Morgan fingerprint density at radius 3 is 2.42 bits per heavy atom. The van der Waals surface area contributed by atoms with Gasteiger partial charge in [-0.25, -0.2) is 8.42 Å². The number of nitrogens with one attached hydrogen (secondary N) is 1. The van der Waals surface area contributed by atoms with Gasteiger partial charge in [0.2, 0.25) is 15.9 Å². The minimum Gasteiger partial charge on any atom is -0.356 e. The number of nitrogens with zero attached hydrogens (tertiary/aromatic N) is 1. The average Bonchev–Trinajstić information content (AvgIpc) is 2.36. The SMILES string of the molecule is CCCNC(=O)CCN(C1CCCCC1)S(C)(=O)=O. The summed E-state index contributed by atoms with van der Waals surface area (Å²) < 4.78 is 25.2. The number of sulfonamides is 1. The van der Waals surface area contributed by atoms with Gasteiger partial charge in [0.15, 0.2) is 0 Å². The van der Waals surface area contributed by atoms with E-state index < -0.39 is 10.0 Å². The Balaban J connectivity index is 2.53. The normalized spacial score (nSPS) is 17.6. The largest absolute Gasteiger partial charge is 0.356 e. The van der Waals surface area contributed by atoms with Crippen LogP contribution >= 0.6 is 0 Å². The number of rotatable bonds is 7. The first-order valence-electron chi connectivity index (χ1n) is 7.18. The molecule has 1 amide bonds. The van der Waals surface area contributed by atoms with Crippen LogP contribution in [0.2, 0.25) is 0 Å². The molecule has 1 N–H and O–H groups in total. The molecule has 0 heterocycles.